The Morgan fingerprint density at radius 3 is 2.71 bits per heavy atom. The number of guanidine groups is 1. The van der Waals surface area contributed by atoms with Crippen molar-refractivity contribution in [3.63, 3.8) is 0 Å². The predicted octanol–water partition coefficient (Wildman–Crippen LogP) is 2.95. The molecule has 1 aromatic rings. The lowest BCUT2D eigenvalue weighted by atomic mass is 10.1. The predicted molar refractivity (Wildman–Crippen MR) is 116 cm³/mol. The van der Waals surface area contributed by atoms with Gasteiger partial charge in [0.15, 0.2) is 5.96 Å². The van der Waals surface area contributed by atoms with Crippen molar-refractivity contribution in [1.29, 1.82) is 0 Å². The second kappa shape index (κ2) is 13.4. The van der Waals surface area contributed by atoms with Gasteiger partial charge in [0.25, 0.3) is 0 Å². The van der Waals surface area contributed by atoms with Gasteiger partial charge in [0.2, 0.25) is 0 Å². The monoisotopic (exact) mass is 390 g/mol. The average molecular weight is 391 g/mol. The molecule has 2 rings (SSSR count). The molecule has 0 atom stereocenters. The van der Waals surface area contributed by atoms with Crippen LogP contribution < -0.4 is 15.4 Å². The van der Waals surface area contributed by atoms with Crippen LogP contribution in [0.15, 0.2) is 23.2 Å². The fourth-order valence-electron chi connectivity index (χ4n) is 3.37. The van der Waals surface area contributed by atoms with Gasteiger partial charge in [-0.2, -0.15) is 0 Å². The lowest BCUT2D eigenvalue weighted by Crippen LogP contribution is -2.37. The number of aryl methyl sites for hydroxylation is 1. The molecule has 1 saturated heterocycles. The van der Waals surface area contributed by atoms with E-state index in [1.165, 1.54) is 44.5 Å². The van der Waals surface area contributed by atoms with Gasteiger partial charge in [-0.05, 0) is 70.8 Å². The van der Waals surface area contributed by atoms with Gasteiger partial charge in [0.05, 0.1) is 6.61 Å². The minimum Gasteiger partial charge on any atom is -0.491 e. The van der Waals surface area contributed by atoms with Gasteiger partial charge in [0.1, 0.15) is 12.4 Å². The molecule has 6 heteroatoms. The first-order valence-corrected chi connectivity index (χ1v) is 10.7. The van der Waals surface area contributed by atoms with Crippen molar-refractivity contribution in [1.82, 2.24) is 15.5 Å². The van der Waals surface area contributed by atoms with Crippen molar-refractivity contribution >= 4 is 5.96 Å². The highest BCUT2D eigenvalue weighted by atomic mass is 16.5. The Morgan fingerprint density at radius 2 is 1.96 bits per heavy atom. The van der Waals surface area contributed by atoms with E-state index in [0.717, 1.165) is 30.2 Å². The summed E-state index contributed by atoms with van der Waals surface area (Å²) in [5.41, 5.74) is 2.31. The second-order valence-corrected chi connectivity index (χ2v) is 7.26. The standard InChI is InChI=1S/C22H38N4O2/c1-4-27-15-16-28-21-17-19(2)9-10-20(21)18-25-22(23-3)24-11-5-6-12-26-13-7-8-14-26/h9-10,17H,4-8,11-16,18H2,1-3H3,(H2,23,24,25). The molecule has 28 heavy (non-hydrogen) atoms. The van der Waals surface area contributed by atoms with Gasteiger partial charge in [-0.15, -0.1) is 0 Å². The molecule has 2 N–H and O–H groups in total. The normalized spacial score (nSPS) is 15.0. The summed E-state index contributed by atoms with van der Waals surface area (Å²) >= 11 is 0. The minimum atomic E-state index is 0.564. The van der Waals surface area contributed by atoms with Crippen LogP contribution in [0.1, 0.15) is 43.7 Å². The number of rotatable bonds is 12. The van der Waals surface area contributed by atoms with Gasteiger partial charge >= 0.3 is 0 Å². The third kappa shape index (κ3) is 8.48. The lowest BCUT2D eigenvalue weighted by molar-refractivity contribution is 0.110. The molecule has 0 spiro atoms. The van der Waals surface area contributed by atoms with E-state index in [1.54, 1.807) is 0 Å². The third-order valence-corrected chi connectivity index (χ3v) is 4.97. The Bertz CT molecular complexity index is 586. The van der Waals surface area contributed by atoms with Crippen molar-refractivity contribution in [3.05, 3.63) is 29.3 Å². The van der Waals surface area contributed by atoms with Crippen LogP contribution in [0.4, 0.5) is 0 Å². The summed E-state index contributed by atoms with van der Waals surface area (Å²) in [5, 5.41) is 6.81. The topological polar surface area (TPSA) is 58.1 Å². The van der Waals surface area contributed by atoms with Gasteiger partial charge in [-0.3, -0.25) is 4.99 Å². The summed E-state index contributed by atoms with van der Waals surface area (Å²) < 4.78 is 11.3. The number of likely N-dealkylation sites (tertiary alicyclic amines) is 1. The zero-order chi connectivity index (χ0) is 20.0. The molecule has 0 unspecified atom stereocenters. The molecule has 1 aromatic carbocycles. The van der Waals surface area contributed by atoms with Gasteiger partial charge in [-0.1, -0.05) is 12.1 Å². The molecule has 0 bridgehead atoms. The van der Waals surface area contributed by atoms with Crippen molar-refractivity contribution < 1.29 is 9.47 Å². The Balaban J connectivity index is 1.71. The van der Waals surface area contributed by atoms with E-state index in [0.29, 0.717) is 26.4 Å². The van der Waals surface area contributed by atoms with Crippen molar-refractivity contribution in [3.8, 4) is 5.75 Å². The van der Waals surface area contributed by atoms with Crippen LogP contribution in [0.3, 0.4) is 0 Å². The Morgan fingerprint density at radius 1 is 1.14 bits per heavy atom. The van der Waals surface area contributed by atoms with Gasteiger partial charge < -0.3 is 25.0 Å². The molecule has 1 aliphatic heterocycles. The van der Waals surface area contributed by atoms with Crippen LogP contribution >= 0.6 is 0 Å². The van der Waals surface area contributed by atoms with E-state index in [1.807, 2.05) is 14.0 Å². The van der Waals surface area contributed by atoms with Crippen LogP contribution in [0.2, 0.25) is 0 Å². The maximum absolute atomic E-state index is 5.92. The highest BCUT2D eigenvalue weighted by Gasteiger charge is 2.10. The molecule has 0 amide bonds. The van der Waals surface area contributed by atoms with Crippen LogP contribution in [0, 0.1) is 6.92 Å². The number of nitrogens with zero attached hydrogens (tertiary/aromatic N) is 2. The fourth-order valence-corrected chi connectivity index (χ4v) is 3.37. The van der Waals surface area contributed by atoms with Crippen molar-refractivity contribution in [2.24, 2.45) is 4.99 Å². The van der Waals surface area contributed by atoms with Crippen LogP contribution in [0.5, 0.6) is 5.75 Å². The smallest absolute Gasteiger partial charge is 0.191 e. The molecule has 0 aliphatic carbocycles. The van der Waals surface area contributed by atoms with E-state index in [9.17, 15) is 0 Å². The number of hydrogen-bond donors (Lipinski definition) is 2. The van der Waals surface area contributed by atoms with E-state index < -0.39 is 0 Å². The third-order valence-electron chi connectivity index (χ3n) is 4.97. The van der Waals surface area contributed by atoms with E-state index in [4.69, 9.17) is 9.47 Å². The Kier molecular flexibility index (Phi) is 10.8. The highest BCUT2D eigenvalue weighted by Crippen LogP contribution is 2.20. The maximum Gasteiger partial charge on any atom is 0.191 e. The molecule has 1 aliphatic rings. The van der Waals surface area contributed by atoms with Crippen LogP contribution in [-0.2, 0) is 11.3 Å². The Labute approximate surface area is 170 Å². The second-order valence-electron chi connectivity index (χ2n) is 7.26. The summed E-state index contributed by atoms with van der Waals surface area (Å²) in [6, 6.07) is 6.31. The van der Waals surface area contributed by atoms with Crippen molar-refractivity contribution in [2.45, 2.75) is 46.1 Å². The molecule has 1 heterocycles. The fraction of sp³-hybridized carbons (Fsp3) is 0.682. The molecule has 0 radical (unpaired) electrons. The van der Waals surface area contributed by atoms with E-state index in [-0.39, 0.29) is 0 Å². The summed E-state index contributed by atoms with van der Waals surface area (Å²) in [6.07, 6.45) is 5.13. The first kappa shape index (κ1) is 22.5. The molecular formula is C22H38N4O2. The molecule has 0 saturated carbocycles. The van der Waals surface area contributed by atoms with Crippen molar-refractivity contribution in [2.75, 3.05) is 53.0 Å². The zero-order valence-electron chi connectivity index (χ0n) is 17.9. The highest BCUT2D eigenvalue weighted by molar-refractivity contribution is 5.79. The SMILES string of the molecule is CCOCCOc1cc(C)ccc1CNC(=NC)NCCCCN1CCCC1. The molecule has 0 aromatic heterocycles. The van der Waals surface area contributed by atoms with E-state index >= 15 is 0 Å². The number of hydrogen-bond acceptors (Lipinski definition) is 4. The first-order valence-electron chi connectivity index (χ1n) is 10.7. The summed E-state index contributed by atoms with van der Waals surface area (Å²) in [4.78, 5) is 6.90. The zero-order valence-corrected chi connectivity index (χ0v) is 17.9. The number of aliphatic imine (C=N–C) groups is 1. The minimum absolute atomic E-state index is 0.564. The van der Waals surface area contributed by atoms with Gasteiger partial charge in [0, 0.05) is 32.3 Å². The molecule has 6 nitrogen and oxygen atoms in total. The largest absolute Gasteiger partial charge is 0.491 e. The average Bonchev–Trinajstić information content (AvgIpc) is 3.22. The van der Waals surface area contributed by atoms with E-state index in [2.05, 4.69) is 45.6 Å². The number of benzene rings is 1. The maximum atomic E-state index is 5.92. The Hall–Kier alpha value is -1.79. The summed E-state index contributed by atoms with van der Waals surface area (Å²) in [6.45, 7) is 11.4. The number of nitrogens with one attached hydrogen (secondary N) is 2. The summed E-state index contributed by atoms with van der Waals surface area (Å²) in [7, 11) is 1.81. The summed E-state index contributed by atoms with van der Waals surface area (Å²) in [5.74, 6) is 1.75. The number of unbranched alkanes of at least 4 members (excludes halogenated alkanes) is 1. The first-order chi connectivity index (χ1) is 13.7. The quantitative estimate of drug-likeness (QED) is 0.326. The lowest BCUT2D eigenvalue weighted by Gasteiger charge is -2.16. The molecule has 1 fully saturated rings. The van der Waals surface area contributed by atoms with Crippen LogP contribution in [0.25, 0.3) is 0 Å². The molecular weight excluding hydrogens is 352 g/mol. The molecule has 158 valence electrons. The number of ether oxygens (including phenoxy) is 2. The van der Waals surface area contributed by atoms with Crippen LogP contribution in [-0.4, -0.2) is 63.9 Å². The van der Waals surface area contributed by atoms with Gasteiger partial charge in [-0.25, -0.2) is 0 Å².